The highest BCUT2D eigenvalue weighted by atomic mass is 35.5. The van der Waals surface area contributed by atoms with Crippen LogP contribution >= 0.6 is 24.8 Å². The Hall–Kier alpha value is -1.24. The summed E-state index contributed by atoms with van der Waals surface area (Å²) in [6.07, 6.45) is 3.04. The van der Waals surface area contributed by atoms with Crippen LogP contribution in [0.2, 0.25) is 0 Å². The van der Waals surface area contributed by atoms with E-state index in [0.29, 0.717) is 17.4 Å². The van der Waals surface area contributed by atoms with Crippen molar-refractivity contribution in [3.63, 3.8) is 0 Å². The largest absolute Gasteiger partial charge is 0.338 e. The molecule has 15 heavy (non-hydrogen) atoms. The van der Waals surface area contributed by atoms with E-state index >= 15 is 0 Å². The van der Waals surface area contributed by atoms with Crippen LogP contribution in [0.1, 0.15) is 5.89 Å². The van der Waals surface area contributed by atoms with Crippen molar-refractivity contribution in [3.8, 4) is 11.5 Å². The van der Waals surface area contributed by atoms with Gasteiger partial charge in [0.2, 0.25) is 11.7 Å². The molecule has 0 fully saturated rings. The number of nitrogens with two attached hydrogens (primary N) is 1. The molecule has 0 saturated heterocycles. The standard InChI is InChI=1S/C7H7N5O.2ClH/c8-3-6-11-7(12-13-6)5-1-2-9-4-10-5;;/h1-2,4H,3,8H2;2*1H. The zero-order chi connectivity index (χ0) is 9.10. The van der Waals surface area contributed by atoms with Crippen LogP contribution < -0.4 is 5.73 Å². The molecule has 2 heterocycles. The molecule has 0 saturated carbocycles. The van der Waals surface area contributed by atoms with Crippen LogP contribution in [0, 0.1) is 0 Å². The second-order valence-electron chi connectivity index (χ2n) is 2.31. The van der Waals surface area contributed by atoms with E-state index in [1.165, 1.54) is 6.33 Å². The second kappa shape index (κ2) is 6.28. The van der Waals surface area contributed by atoms with E-state index in [2.05, 4.69) is 20.1 Å². The van der Waals surface area contributed by atoms with Crippen LogP contribution in [-0.2, 0) is 6.54 Å². The quantitative estimate of drug-likeness (QED) is 0.848. The molecule has 0 atom stereocenters. The van der Waals surface area contributed by atoms with Gasteiger partial charge in [-0.2, -0.15) is 4.98 Å². The van der Waals surface area contributed by atoms with Gasteiger partial charge in [0.1, 0.15) is 12.0 Å². The lowest BCUT2D eigenvalue weighted by Gasteiger charge is -1.88. The van der Waals surface area contributed by atoms with E-state index in [9.17, 15) is 0 Å². The van der Waals surface area contributed by atoms with Crippen LogP contribution in [0.25, 0.3) is 11.5 Å². The summed E-state index contributed by atoms with van der Waals surface area (Å²) in [6, 6.07) is 1.70. The predicted molar refractivity (Wildman–Crippen MR) is 57.7 cm³/mol. The molecule has 0 aliphatic carbocycles. The highest BCUT2D eigenvalue weighted by Gasteiger charge is 2.07. The smallest absolute Gasteiger partial charge is 0.240 e. The Bertz CT molecular complexity index is 393. The second-order valence-corrected chi connectivity index (χ2v) is 2.31. The maximum absolute atomic E-state index is 5.31. The average molecular weight is 250 g/mol. The van der Waals surface area contributed by atoms with Gasteiger partial charge in [-0.05, 0) is 6.07 Å². The van der Waals surface area contributed by atoms with Crippen molar-refractivity contribution in [1.29, 1.82) is 0 Å². The minimum Gasteiger partial charge on any atom is -0.338 e. The van der Waals surface area contributed by atoms with Gasteiger partial charge in [0.25, 0.3) is 0 Å². The lowest BCUT2D eigenvalue weighted by molar-refractivity contribution is 0.380. The Morgan fingerprint density at radius 2 is 2.13 bits per heavy atom. The highest BCUT2D eigenvalue weighted by Crippen LogP contribution is 2.10. The fourth-order valence-electron chi connectivity index (χ4n) is 0.865. The van der Waals surface area contributed by atoms with E-state index < -0.39 is 0 Å². The van der Waals surface area contributed by atoms with Gasteiger partial charge in [-0.15, -0.1) is 24.8 Å². The van der Waals surface area contributed by atoms with E-state index in [1.54, 1.807) is 12.3 Å². The van der Waals surface area contributed by atoms with Crippen molar-refractivity contribution in [2.75, 3.05) is 0 Å². The Morgan fingerprint density at radius 3 is 2.67 bits per heavy atom. The molecule has 2 rings (SSSR count). The maximum Gasteiger partial charge on any atom is 0.240 e. The van der Waals surface area contributed by atoms with E-state index in [-0.39, 0.29) is 31.4 Å². The summed E-state index contributed by atoms with van der Waals surface area (Å²) >= 11 is 0. The topological polar surface area (TPSA) is 90.7 Å². The molecule has 6 nitrogen and oxygen atoms in total. The fourth-order valence-corrected chi connectivity index (χ4v) is 0.865. The summed E-state index contributed by atoms with van der Waals surface area (Å²) < 4.78 is 4.82. The van der Waals surface area contributed by atoms with Gasteiger partial charge in [-0.1, -0.05) is 5.16 Å². The number of aromatic nitrogens is 4. The van der Waals surface area contributed by atoms with Crippen LogP contribution in [0.15, 0.2) is 23.1 Å². The number of nitrogens with zero attached hydrogens (tertiary/aromatic N) is 4. The number of rotatable bonds is 2. The molecule has 82 valence electrons. The normalized spacial score (nSPS) is 8.87. The van der Waals surface area contributed by atoms with Gasteiger partial charge in [0, 0.05) is 6.20 Å². The lowest BCUT2D eigenvalue weighted by atomic mass is 10.4. The van der Waals surface area contributed by atoms with Gasteiger partial charge < -0.3 is 10.3 Å². The van der Waals surface area contributed by atoms with Crippen molar-refractivity contribution in [3.05, 3.63) is 24.5 Å². The molecule has 0 aliphatic rings. The molecular formula is C7H9Cl2N5O. The summed E-state index contributed by atoms with van der Waals surface area (Å²) in [5.41, 5.74) is 5.94. The van der Waals surface area contributed by atoms with Crippen LogP contribution in [0.3, 0.4) is 0 Å². The van der Waals surface area contributed by atoms with E-state index in [4.69, 9.17) is 10.3 Å². The minimum absolute atomic E-state index is 0. The summed E-state index contributed by atoms with van der Waals surface area (Å²) in [5, 5.41) is 3.70. The molecule has 2 N–H and O–H groups in total. The van der Waals surface area contributed by atoms with E-state index in [1.807, 2.05) is 0 Å². The first-order valence-electron chi connectivity index (χ1n) is 3.69. The van der Waals surface area contributed by atoms with Crippen LogP contribution in [0.5, 0.6) is 0 Å². The van der Waals surface area contributed by atoms with Crippen molar-refractivity contribution >= 4 is 24.8 Å². The molecule has 8 heteroatoms. The van der Waals surface area contributed by atoms with Crippen molar-refractivity contribution < 1.29 is 4.52 Å². The molecule has 0 radical (unpaired) electrons. The summed E-state index contributed by atoms with van der Waals surface area (Å²) in [4.78, 5) is 11.7. The van der Waals surface area contributed by atoms with Gasteiger partial charge in [-0.25, -0.2) is 9.97 Å². The minimum atomic E-state index is 0. The SMILES string of the molecule is Cl.Cl.NCc1nc(-c2ccncn2)no1. The third-order valence-electron chi connectivity index (χ3n) is 1.45. The maximum atomic E-state index is 5.31. The van der Waals surface area contributed by atoms with Gasteiger partial charge >= 0.3 is 0 Å². The molecule has 0 spiro atoms. The van der Waals surface area contributed by atoms with Crippen LogP contribution in [0.4, 0.5) is 0 Å². The summed E-state index contributed by atoms with van der Waals surface area (Å²) in [6.45, 7) is 0.234. The molecule has 0 aromatic carbocycles. The first kappa shape index (κ1) is 13.8. The van der Waals surface area contributed by atoms with E-state index in [0.717, 1.165) is 0 Å². The zero-order valence-electron chi connectivity index (χ0n) is 7.53. The number of halogens is 2. The van der Waals surface area contributed by atoms with Crippen molar-refractivity contribution in [1.82, 2.24) is 20.1 Å². The van der Waals surface area contributed by atoms with Crippen molar-refractivity contribution in [2.24, 2.45) is 5.73 Å². The monoisotopic (exact) mass is 249 g/mol. The summed E-state index contributed by atoms with van der Waals surface area (Å²) in [5.74, 6) is 0.830. The highest BCUT2D eigenvalue weighted by molar-refractivity contribution is 5.85. The van der Waals surface area contributed by atoms with Crippen molar-refractivity contribution in [2.45, 2.75) is 6.54 Å². The molecule has 0 aliphatic heterocycles. The first-order chi connectivity index (χ1) is 6.40. The van der Waals surface area contributed by atoms with Crippen LogP contribution in [-0.4, -0.2) is 20.1 Å². The average Bonchev–Trinajstić information content (AvgIpc) is 2.67. The molecule has 2 aromatic heterocycles. The lowest BCUT2D eigenvalue weighted by Crippen LogP contribution is -1.95. The third-order valence-corrected chi connectivity index (χ3v) is 1.45. The Labute approximate surface area is 98.1 Å². The van der Waals surface area contributed by atoms with Gasteiger partial charge in [0.05, 0.1) is 6.54 Å². The van der Waals surface area contributed by atoms with Gasteiger partial charge in [-0.3, -0.25) is 0 Å². The third kappa shape index (κ3) is 3.12. The number of hydrogen-bond acceptors (Lipinski definition) is 6. The Kier molecular flexibility index (Phi) is 5.76. The first-order valence-corrected chi connectivity index (χ1v) is 3.69. The summed E-state index contributed by atoms with van der Waals surface area (Å²) in [7, 11) is 0. The Balaban J connectivity index is 0.000000980. The molecule has 0 amide bonds. The molecular weight excluding hydrogens is 241 g/mol. The molecule has 0 bridgehead atoms. The van der Waals surface area contributed by atoms with Gasteiger partial charge in [0.15, 0.2) is 0 Å². The number of hydrogen-bond donors (Lipinski definition) is 1. The molecule has 2 aromatic rings. The molecule has 0 unspecified atom stereocenters. The zero-order valence-corrected chi connectivity index (χ0v) is 9.16. The fraction of sp³-hybridized carbons (Fsp3) is 0.143. The predicted octanol–water partition coefficient (Wildman–Crippen LogP) is 0.829. The Morgan fingerprint density at radius 1 is 1.33 bits per heavy atom.